The number of amides is 1. The number of imidazole rings is 1. The molecule has 0 saturated heterocycles. The highest BCUT2D eigenvalue weighted by Crippen LogP contribution is 2.39. The number of fused-ring (bicyclic) bond motifs is 1. The lowest BCUT2D eigenvalue weighted by atomic mass is 9.84. The topological polar surface area (TPSA) is 73.2 Å². The summed E-state index contributed by atoms with van der Waals surface area (Å²) in [6.07, 6.45) is 6.06. The lowest BCUT2D eigenvalue weighted by molar-refractivity contribution is -0.129. The van der Waals surface area contributed by atoms with Gasteiger partial charge < -0.3 is 14.6 Å². The number of methoxy groups -OCH3 is 1. The third kappa shape index (κ3) is 4.52. The summed E-state index contributed by atoms with van der Waals surface area (Å²) in [5.74, 6) is 0.282. The van der Waals surface area contributed by atoms with Crippen molar-refractivity contribution in [1.82, 2.24) is 14.9 Å². The van der Waals surface area contributed by atoms with E-state index in [0.717, 1.165) is 47.8 Å². The van der Waals surface area contributed by atoms with Crippen molar-refractivity contribution in [1.29, 1.82) is 0 Å². The number of nitrogens with one attached hydrogen (secondary N) is 1. The molecule has 1 heterocycles. The van der Waals surface area contributed by atoms with Crippen molar-refractivity contribution in [2.75, 3.05) is 7.11 Å². The lowest BCUT2D eigenvalue weighted by Crippen LogP contribution is -2.52. The van der Waals surface area contributed by atoms with E-state index < -0.39 is 5.54 Å². The lowest BCUT2D eigenvalue weighted by Gasteiger charge is -2.37. The Morgan fingerprint density at radius 3 is 2.30 bits per heavy atom. The van der Waals surface area contributed by atoms with Crippen molar-refractivity contribution in [2.45, 2.75) is 57.0 Å². The van der Waals surface area contributed by atoms with Crippen molar-refractivity contribution in [3.63, 3.8) is 0 Å². The molecule has 37 heavy (non-hydrogen) atoms. The van der Waals surface area contributed by atoms with Gasteiger partial charge in [-0.3, -0.25) is 4.79 Å². The summed E-state index contributed by atoms with van der Waals surface area (Å²) >= 11 is 0. The first-order valence-corrected chi connectivity index (χ1v) is 13.1. The van der Waals surface area contributed by atoms with Crippen LogP contribution < -0.4 is 5.32 Å². The van der Waals surface area contributed by atoms with Crippen LogP contribution in [-0.4, -0.2) is 34.6 Å². The maximum absolute atomic E-state index is 14.5. The van der Waals surface area contributed by atoms with Crippen molar-refractivity contribution in [3.05, 3.63) is 90.0 Å². The molecule has 1 fully saturated rings. The molecule has 1 aliphatic rings. The fourth-order valence-corrected chi connectivity index (χ4v) is 5.63. The van der Waals surface area contributed by atoms with E-state index >= 15 is 0 Å². The predicted molar refractivity (Wildman–Crippen MR) is 145 cm³/mol. The number of carbonyl (C=O) groups is 2. The first kappa shape index (κ1) is 24.8. The van der Waals surface area contributed by atoms with Gasteiger partial charge >= 0.3 is 5.97 Å². The van der Waals surface area contributed by atoms with E-state index in [-0.39, 0.29) is 17.9 Å². The molecular formula is C31H33N3O3. The minimum Gasteiger partial charge on any atom is -0.465 e. The minimum absolute atomic E-state index is 0.0105. The number of esters is 1. The smallest absolute Gasteiger partial charge is 0.337 e. The summed E-state index contributed by atoms with van der Waals surface area (Å²) in [5.41, 5.74) is 2.90. The molecule has 5 rings (SSSR count). The zero-order valence-electron chi connectivity index (χ0n) is 21.4. The number of ether oxygens (including phenoxy) is 1. The highest BCUT2D eigenvalue weighted by Gasteiger charge is 2.44. The molecule has 1 aromatic heterocycles. The number of aromatic nitrogens is 2. The summed E-state index contributed by atoms with van der Waals surface area (Å²) in [4.78, 5) is 31.5. The number of nitrogens with zero attached hydrogens (tertiary/aromatic N) is 2. The highest BCUT2D eigenvalue weighted by atomic mass is 16.5. The van der Waals surface area contributed by atoms with Crippen LogP contribution in [0, 0.1) is 0 Å². The third-order valence-electron chi connectivity index (χ3n) is 7.59. The summed E-state index contributed by atoms with van der Waals surface area (Å²) in [7, 11) is 1.37. The van der Waals surface area contributed by atoms with Gasteiger partial charge in [0.05, 0.1) is 23.7 Å². The molecule has 0 unspecified atom stereocenters. The average molecular weight is 496 g/mol. The Morgan fingerprint density at radius 2 is 1.62 bits per heavy atom. The Balaban J connectivity index is 1.73. The first-order valence-electron chi connectivity index (χ1n) is 13.1. The Hall–Kier alpha value is -3.93. The van der Waals surface area contributed by atoms with E-state index in [2.05, 4.69) is 16.8 Å². The fraction of sp³-hybridized carbons (Fsp3) is 0.323. The van der Waals surface area contributed by atoms with Gasteiger partial charge in [0.15, 0.2) is 0 Å². The molecule has 0 aliphatic heterocycles. The van der Waals surface area contributed by atoms with Crippen molar-refractivity contribution < 1.29 is 14.3 Å². The van der Waals surface area contributed by atoms with E-state index in [4.69, 9.17) is 9.72 Å². The van der Waals surface area contributed by atoms with Gasteiger partial charge in [0.1, 0.15) is 11.4 Å². The largest absolute Gasteiger partial charge is 0.465 e. The molecule has 1 saturated carbocycles. The van der Waals surface area contributed by atoms with Crippen LogP contribution in [0.5, 0.6) is 0 Å². The maximum atomic E-state index is 14.5. The van der Waals surface area contributed by atoms with Gasteiger partial charge in [-0.15, -0.1) is 0 Å². The molecule has 6 nitrogen and oxygen atoms in total. The van der Waals surface area contributed by atoms with Crippen molar-refractivity contribution in [3.8, 4) is 11.4 Å². The molecule has 3 aromatic carbocycles. The van der Waals surface area contributed by atoms with Crippen LogP contribution >= 0.6 is 0 Å². The second-order valence-corrected chi connectivity index (χ2v) is 9.72. The van der Waals surface area contributed by atoms with Crippen LogP contribution in [0.3, 0.4) is 0 Å². The number of hydrogen-bond acceptors (Lipinski definition) is 4. The van der Waals surface area contributed by atoms with Crippen LogP contribution in [-0.2, 0) is 15.1 Å². The van der Waals surface area contributed by atoms with Gasteiger partial charge in [0, 0.05) is 11.6 Å². The fourth-order valence-electron chi connectivity index (χ4n) is 5.63. The van der Waals surface area contributed by atoms with Crippen LogP contribution in [0.4, 0.5) is 0 Å². The average Bonchev–Trinajstić information content (AvgIpc) is 3.34. The molecule has 1 N–H and O–H groups in total. The van der Waals surface area contributed by atoms with E-state index in [9.17, 15) is 9.59 Å². The van der Waals surface area contributed by atoms with Crippen LogP contribution in [0.15, 0.2) is 78.9 Å². The van der Waals surface area contributed by atoms with Gasteiger partial charge in [0.2, 0.25) is 0 Å². The summed E-state index contributed by atoms with van der Waals surface area (Å²) in [6.45, 7) is 2.06. The third-order valence-corrected chi connectivity index (χ3v) is 7.59. The molecule has 0 radical (unpaired) electrons. The van der Waals surface area contributed by atoms with Gasteiger partial charge in [0.25, 0.3) is 5.91 Å². The second-order valence-electron chi connectivity index (χ2n) is 9.72. The van der Waals surface area contributed by atoms with Gasteiger partial charge in [-0.2, -0.15) is 0 Å². The number of rotatable bonds is 7. The molecule has 6 heteroatoms. The molecule has 1 atom stereocenters. The molecule has 1 aliphatic carbocycles. The van der Waals surface area contributed by atoms with E-state index in [1.165, 1.54) is 13.5 Å². The standard InChI is InChI=1S/C31H33N3O3/c1-3-31(24-12-6-4-7-13-24,30(36)32-25-14-8-5-9-15-25)34-27-17-11-10-16-26(27)33-28(34)22-18-20-23(21-19-22)29(35)37-2/h4,6-7,10-13,16-21,25H,3,5,8-9,14-15H2,1-2H3,(H,32,36)/t31-/m0/s1. The quantitative estimate of drug-likeness (QED) is 0.315. The Morgan fingerprint density at radius 1 is 0.946 bits per heavy atom. The maximum Gasteiger partial charge on any atom is 0.337 e. The Labute approximate surface area is 217 Å². The van der Waals surface area contributed by atoms with Gasteiger partial charge in [-0.05, 0) is 49.1 Å². The Kier molecular flexibility index (Phi) is 7.08. The van der Waals surface area contributed by atoms with Crippen LogP contribution in [0.2, 0.25) is 0 Å². The monoisotopic (exact) mass is 495 g/mol. The summed E-state index contributed by atoms with van der Waals surface area (Å²) in [6, 6.07) is 25.3. The van der Waals surface area contributed by atoms with Crippen molar-refractivity contribution >= 4 is 22.9 Å². The zero-order valence-corrected chi connectivity index (χ0v) is 21.4. The molecule has 0 bridgehead atoms. The molecule has 4 aromatic rings. The van der Waals surface area contributed by atoms with Gasteiger partial charge in [-0.1, -0.05) is 80.8 Å². The van der Waals surface area contributed by atoms with Crippen molar-refractivity contribution in [2.24, 2.45) is 0 Å². The molecule has 0 spiro atoms. The van der Waals surface area contributed by atoms with E-state index in [1.54, 1.807) is 12.1 Å². The summed E-state index contributed by atoms with van der Waals surface area (Å²) < 4.78 is 6.97. The zero-order chi connectivity index (χ0) is 25.8. The van der Waals surface area contributed by atoms with E-state index in [1.807, 2.05) is 66.7 Å². The van der Waals surface area contributed by atoms with Gasteiger partial charge in [-0.25, -0.2) is 9.78 Å². The highest BCUT2D eigenvalue weighted by molar-refractivity contribution is 5.93. The summed E-state index contributed by atoms with van der Waals surface area (Å²) in [5, 5.41) is 3.42. The number of para-hydroxylation sites is 2. The van der Waals surface area contributed by atoms with Crippen LogP contribution in [0.25, 0.3) is 22.4 Å². The molecule has 190 valence electrons. The molecule has 1 amide bonds. The number of carbonyl (C=O) groups excluding carboxylic acids is 2. The Bertz CT molecular complexity index is 1390. The SMILES string of the molecule is CC[C@@](C(=O)NC1CCCCC1)(c1ccccc1)n1c(-c2ccc(C(=O)OC)cc2)nc2ccccc21. The minimum atomic E-state index is -1.01. The number of benzene rings is 3. The van der Waals surface area contributed by atoms with Crippen LogP contribution in [0.1, 0.15) is 61.4 Å². The first-order chi connectivity index (χ1) is 18.1. The van der Waals surface area contributed by atoms with E-state index in [0.29, 0.717) is 17.8 Å². The predicted octanol–water partition coefficient (Wildman–Crippen LogP) is 6.09. The molecular weight excluding hydrogens is 462 g/mol. The second kappa shape index (κ2) is 10.6. The number of hydrogen-bond donors (Lipinski definition) is 1. The normalized spacial score (nSPS) is 15.7.